The van der Waals surface area contributed by atoms with Crippen molar-refractivity contribution in [1.82, 2.24) is 9.55 Å². The van der Waals surface area contributed by atoms with Gasteiger partial charge in [0.2, 0.25) is 0 Å². The number of carbonyl (C=O) groups excluding carboxylic acids is 1. The highest BCUT2D eigenvalue weighted by molar-refractivity contribution is 6.30. The summed E-state index contributed by atoms with van der Waals surface area (Å²) in [5, 5.41) is 9.95. The van der Waals surface area contributed by atoms with Crippen LogP contribution in [0.15, 0.2) is 35.1 Å². The Morgan fingerprint density at radius 3 is 2.55 bits per heavy atom. The highest BCUT2D eigenvalue weighted by atomic mass is 35.5. The normalized spacial score (nSPS) is 11.7. The summed E-state index contributed by atoms with van der Waals surface area (Å²) in [5.74, 6) is -3.20. The van der Waals surface area contributed by atoms with Gasteiger partial charge >= 0.3 is 12.1 Å². The summed E-state index contributed by atoms with van der Waals surface area (Å²) in [6, 6.07) is 4.45. The zero-order chi connectivity index (χ0) is 21.5. The first-order chi connectivity index (χ1) is 13.6. The lowest BCUT2D eigenvalue weighted by atomic mass is 10.1. The van der Waals surface area contributed by atoms with Crippen LogP contribution in [0.3, 0.4) is 0 Å². The van der Waals surface area contributed by atoms with Crippen LogP contribution in [0.5, 0.6) is 5.75 Å². The molecule has 0 radical (unpaired) electrons. The van der Waals surface area contributed by atoms with E-state index in [0.717, 1.165) is 18.2 Å². The van der Waals surface area contributed by atoms with Crippen molar-refractivity contribution in [1.29, 1.82) is 0 Å². The number of ether oxygens (including phenoxy) is 1. The Kier molecular flexibility index (Phi) is 5.22. The van der Waals surface area contributed by atoms with Crippen LogP contribution in [0.2, 0.25) is 5.02 Å². The van der Waals surface area contributed by atoms with E-state index >= 15 is 0 Å². The molecule has 0 unspecified atom stereocenters. The van der Waals surface area contributed by atoms with E-state index in [1.807, 2.05) is 0 Å². The third kappa shape index (κ3) is 3.63. The molecule has 0 spiro atoms. The molecule has 0 aliphatic rings. The average Bonchev–Trinajstić information content (AvgIpc) is 2.62. The maximum atomic E-state index is 14.5. The summed E-state index contributed by atoms with van der Waals surface area (Å²) >= 11 is 5.69. The zero-order valence-electron chi connectivity index (χ0n) is 14.6. The van der Waals surface area contributed by atoms with Crippen LogP contribution in [0, 0.1) is 5.82 Å². The van der Waals surface area contributed by atoms with Gasteiger partial charge in [-0.3, -0.25) is 9.36 Å². The fraction of sp³-hybridized carbons (Fsp3) is 0.167. The molecule has 3 aromatic rings. The molecule has 6 nitrogen and oxygen atoms in total. The minimum atomic E-state index is -4.87. The van der Waals surface area contributed by atoms with Crippen molar-refractivity contribution < 1.29 is 32.2 Å². The molecule has 0 saturated carbocycles. The Hall–Kier alpha value is -3.14. The second-order valence-electron chi connectivity index (χ2n) is 5.75. The van der Waals surface area contributed by atoms with Crippen LogP contribution < -0.4 is 5.56 Å². The summed E-state index contributed by atoms with van der Waals surface area (Å²) in [7, 11) is 0. The fourth-order valence-electron chi connectivity index (χ4n) is 2.68. The van der Waals surface area contributed by atoms with Gasteiger partial charge in [-0.1, -0.05) is 11.6 Å². The Morgan fingerprint density at radius 1 is 1.28 bits per heavy atom. The van der Waals surface area contributed by atoms with Gasteiger partial charge in [-0.2, -0.15) is 13.2 Å². The largest absolute Gasteiger partial charge is 0.506 e. The molecule has 0 bridgehead atoms. The monoisotopic (exact) mass is 430 g/mol. The Bertz CT molecular complexity index is 1190. The molecule has 3 rings (SSSR count). The number of pyridine rings is 2. The van der Waals surface area contributed by atoms with Gasteiger partial charge in [0, 0.05) is 5.02 Å². The second-order valence-corrected chi connectivity index (χ2v) is 6.18. The Balaban J connectivity index is 2.50. The third-order valence-corrected chi connectivity index (χ3v) is 4.15. The molecule has 29 heavy (non-hydrogen) atoms. The number of nitrogens with zero attached hydrogens (tertiary/aromatic N) is 2. The number of alkyl halides is 3. The van der Waals surface area contributed by atoms with Gasteiger partial charge in [-0.15, -0.1) is 0 Å². The van der Waals surface area contributed by atoms with Gasteiger partial charge in [-0.25, -0.2) is 14.2 Å². The molecular weight excluding hydrogens is 420 g/mol. The van der Waals surface area contributed by atoms with Gasteiger partial charge in [0.15, 0.2) is 11.2 Å². The SMILES string of the molecule is CCOC(=O)c1c(O)c2ccc(C(F)(F)F)nc2n(-c2ccc(Cl)cc2F)c1=O. The number of halogens is 5. The predicted octanol–water partition coefficient (Wildman–Crippen LogP) is 4.08. The molecule has 0 aliphatic carbocycles. The standard InChI is InChI=1S/C18H11ClF4N2O4/c1-2-29-17(28)13-14(26)9-4-6-12(18(21,22)23)24-15(9)25(16(13)27)11-5-3-8(19)7-10(11)20/h3-7,26H,2H2,1H3. The van der Waals surface area contributed by atoms with E-state index in [0.29, 0.717) is 10.6 Å². The number of carbonyl (C=O) groups is 1. The highest BCUT2D eigenvalue weighted by Crippen LogP contribution is 2.33. The van der Waals surface area contributed by atoms with Crippen molar-refractivity contribution in [2.75, 3.05) is 6.61 Å². The molecular formula is C18H11ClF4N2O4. The minimum Gasteiger partial charge on any atom is -0.506 e. The van der Waals surface area contributed by atoms with E-state index in [2.05, 4.69) is 4.98 Å². The van der Waals surface area contributed by atoms with Gasteiger partial charge in [-0.05, 0) is 37.3 Å². The zero-order valence-corrected chi connectivity index (χ0v) is 15.3. The molecule has 2 aromatic heterocycles. The second kappa shape index (κ2) is 7.36. The summed E-state index contributed by atoms with van der Waals surface area (Å²) in [6.45, 7) is 1.31. The van der Waals surface area contributed by atoms with E-state index < -0.39 is 51.9 Å². The van der Waals surface area contributed by atoms with Crippen LogP contribution in [0.4, 0.5) is 17.6 Å². The highest BCUT2D eigenvalue weighted by Gasteiger charge is 2.34. The van der Waals surface area contributed by atoms with Crippen molar-refractivity contribution in [3.05, 3.63) is 62.8 Å². The lowest BCUT2D eigenvalue weighted by Crippen LogP contribution is -2.28. The van der Waals surface area contributed by atoms with Crippen molar-refractivity contribution >= 4 is 28.6 Å². The predicted molar refractivity (Wildman–Crippen MR) is 94.9 cm³/mol. The van der Waals surface area contributed by atoms with Crippen molar-refractivity contribution in [2.45, 2.75) is 13.1 Å². The van der Waals surface area contributed by atoms with Crippen LogP contribution in [0.1, 0.15) is 23.0 Å². The number of benzene rings is 1. The summed E-state index contributed by atoms with van der Waals surface area (Å²) in [5.41, 5.74) is -4.76. The van der Waals surface area contributed by atoms with E-state index in [1.54, 1.807) is 0 Å². The maximum Gasteiger partial charge on any atom is 0.433 e. The summed E-state index contributed by atoms with van der Waals surface area (Å²) < 4.78 is 59.0. The van der Waals surface area contributed by atoms with Crippen molar-refractivity contribution in [2.24, 2.45) is 0 Å². The first-order valence-corrected chi connectivity index (χ1v) is 8.42. The van der Waals surface area contributed by atoms with Crippen LogP contribution in [-0.2, 0) is 10.9 Å². The van der Waals surface area contributed by atoms with E-state index in [1.165, 1.54) is 13.0 Å². The lowest BCUT2D eigenvalue weighted by Gasteiger charge is -2.16. The molecule has 0 atom stereocenters. The number of hydrogen-bond donors (Lipinski definition) is 1. The molecule has 11 heteroatoms. The first kappa shape index (κ1) is 20.6. The number of esters is 1. The first-order valence-electron chi connectivity index (χ1n) is 8.04. The van der Waals surface area contributed by atoms with Gasteiger partial charge in [0.1, 0.15) is 17.3 Å². The van der Waals surface area contributed by atoms with E-state index in [-0.39, 0.29) is 17.0 Å². The number of aromatic hydroxyl groups is 1. The molecule has 0 fully saturated rings. The molecule has 152 valence electrons. The lowest BCUT2D eigenvalue weighted by molar-refractivity contribution is -0.141. The fourth-order valence-corrected chi connectivity index (χ4v) is 2.84. The van der Waals surface area contributed by atoms with Crippen molar-refractivity contribution in [3.8, 4) is 11.4 Å². The van der Waals surface area contributed by atoms with Crippen molar-refractivity contribution in [3.63, 3.8) is 0 Å². The maximum absolute atomic E-state index is 14.5. The molecule has 1 aromatic carbocycles. The third-order valence-electron chi connectivity index (χ3n) is 3.92. The molecule has 0 amide bonds. The number of hydrogen-bond acceptors (Lipinski definition) is 5. The van der Waals surface area contributed by atoms with E-state index in [4.69, 9.17) is 16.3 Å². The summed E-state index contributed by atoms with van der Waals surface area (Å²) in [4.78, 5) is 28.4. The van der Waals surface area contributed by atoms with Gasteiger partial charge in [0.05, 0.1) is 17.7 Å². The number of fused-ring (bicyclic) bond motifs is 1. The topological polar surface area (TPSA) is 81.4 Å². The van der Waals surface area contributed by atoms with Crippen LogP contribution >= 0.6 is 11.6 Å². The quantitative estimate of drug-likeness (QED) is 0.500. The van der Waals surface area contributed by atoms with Crippen LogP contribution in [-0.4, -0.2) is 27.2 Å². The van der Waals surface area contributed by atoms with Gasteiger partial charge < -0.3 is 9.84 Å². The molecule has 0 saturated heterocycles. The molecule has 1 N–H and O–H groups in total. The molecule has 0 aliphatic heterocycles. The number of aromatic nitrogens is 2. The minimum absolute atomic E-state index is 0.0306. The molecule has 2 heterocycles. The number of rotatable bonds is 3. The Labute approximate surface area is 164 Å². The van der Waals surface area contributed by atoms with E-state index in [9.17, 15) is 32.3 Å². The summed E-state index contributed by atoms with van der Waals surface area (Å²) in [6.07, 6.45) is -4.87. The average molecular weight is 431 g/mol. The smallest absolute Gasteiger partial charge is 0.433 e. The van der Waals surface area contributed by atoms with Crippen LogP contribution in [0.25, 0.3) is 16.7 Å². The Morgan fingerprint density at radius 2 is 1.97 bits per heavy atom. The van der Waals surface area contributed by atoms with Gasteiger partial charge in [0.25, 0.3) is 5.56 Å².